The Bertz CT molecular complexity index is 880. The van der Waals surface area contributed by atoms with Gasteiger partial charge in [-0.3, -0.25) is 9.69 Å². The molecule has 0 aromatic heterocycles. The predicted molar refractivity (Wildman–Crippen MR) is 116 cm³/mol. The lowest BCUT2D eigenvalue weighted by atomic mass is 9.96. The molecule has 1 aliphatic carbocycles. The maximum Gasteiger partial charge on any atom is 0.267 e. The van der Waals surface area contributed by atoms with Crippen LogP contribution >= 0.6 is 0 Å². The van der Waals surface area contributed by atoms with E-state index in [1.807, 2.05) is 4.72 Å². The maximum atomic E-state index is 14.7. The molecule has 1 N–H and O–H groups in total. The van der Waals surface area contributed by atoms with Crippen molar-refractivity contribution >= 4 is 15.9 Å². The number of amides is 1. The molecule has 1 heterocycles. The largest absolute Gasteiger partial charge is 0.493 e. The molecule has 3 rings (SSSR count). The monoisotopic (exact) mass is 456 g/mol. The number of rotatable bonds is 10. The number of carbonyl (C=O) groups excluding carboxylic acids is 1. The topological polar surface area (TPSA) is 84.9 Å². The van der Waals surface area contributed by atoms with Crippen LogP contribution in [0, 0.1) is 11.7 Å². The van der Waals surface area contributed by atoms with E-state index in [2.05, 4.69) is 11.8 Å². The fourth-order valence-corrected chi connectivity index (χ4v) is 4.50. The van der Waals surface area contributed by atoms with Crippen LogP contribution in [-0.2, 0) is 14.8 Å². The summed E-state index contributed by atoms with van der Waals surface area (Å²) in [6.45, 7) is 6.75. The van der Waals surface area contributed by atoms with Gasteiger partial charge >= 0.3 is 0 Å². The van der Waals surface area contributed by atoms with E-state index < -0.39 is 21.7 Å². The van der Waals surface area contributed by atoms with Crippen LogP contribution in [0.25, 0.3) is 0 Å². The third-order valence-corrected chi connectivity index (χ3v) is 7.40. The number of piperidine rings is 1. The van der Waals surface area contributed by atoms with E-state index in [4.69, 9.17) is 9.47 Å². The van der Waals surface area contributed by atoms with Gasteiger partial charge in [0.25, 0.3) is 5.91 Å². The summed E-state index contributed by atoms with van der Waals surface area (Å²) >= 11 is 0. The van der Waals surface area contributed by atoms with E-state index >= 15 is 0 Å². The van der Waals surface area contributed by atoms with Gasteiger partial charge in [0.15, 0.2) is 0 Å². The minimum atomic E-state index is -3.76. The highest BCUT2D eigenvalue weighted by atomic mass is 32.2. The fraction of sp³-hybridized carbons (Fsp3) is 0.682. The van der Waals surface area contributed by atoms with Crippen LogP contribution < -0.4 is 9.46 Å². The molecular weight excluding hydrogens is 423 g/mol. The van der Waals surface area contributed by atoms with Gasteiger partial charge in [-0.1, -0.05) is 0 Å². The molecule has 1 aromatic carbocycles. The Morgan fingerprint density at radius 2 is 1.94 bits per heavy atom. The highest BCUT2D eigenvalue weighted by Gasteiger charge is 2.31. The molecule has 174 valence electrons. The van der Waals surface area contributed by atoms with Gasteiger partial charge in [-0.15, -0.1) is 0 Å². The number of hydrogen-bond donors (Lipinski definition) is 1. The van der Waals surface area contributed by atoms with Gasteiger partial charge in [0.2, 0.25) is 10.0 Å². The molecule has 1 saturated heterocycles. The second-order valence-electron chi connectivity index (χ2n) is 8.57. The lowest BCUT2D eigenvalue weighted by molar-refractivity contribution is 0.0641. The number of likely N-dealkylation sites (tertiary alicyclic amines) is 1. The molecule has 1 saturated carbocycles. The number of benzene rings is 1. The standard InChI is InChI=1S/C22H33FN2O5S/c1-4-31(27,28)24-22(26)19-11-18(17-5-6-17)21(12-20(19)23)30-14-16-7-9-25(10-8-16)15(2)13-29-3/h11-12,15-17H,4-10,13-14H2,1-3H3,(H,24,26)/t15-/m0/s1. The summed E-state index contributed by atoms with van der Waals surface area (Å²) in [5.74, 6) is -0.887. The van der Waals surface area contributed by atoms with Crippen LogP contribution in [0.1, 0.15) is 61.4 Å². The minimum Gasteiger partial charge on any atom is -0.493 e. The van der Waals surface area contributed by atoms with Crippen molar-refractivity contribution in [3.63, 3.8) is 0 Å². The summed E-state index contributed by atoms with van der Waals surface area (Å²) in [5, 5.41) is 0. The average Bonchev–Trinajstić information content (AvgIpc) is 3.57. The second-order valence-corrected chi connectivity index (χ2v) is 10.6. The zero-order chi connectivity index (χ0) is 22.6. The first-order valence-corrected chi connectivity index (χ1v) is 12.6. The van der Waals surface area contributed by atoms with Gasteiger partial charge in [-0.2, -0.15) is 0 Å². The Balaban J connectivity index is 1.64. The molecule has 31 heavy (non-hydrogen) atoms. The van der Waals surface area contributed by atoms with E-state index in [0.29, 0.717) is 30.9 Å². The molecule has 1 aromatic rings. The van der Waals surface area contributed by atoms with E-state index in [1.54, 1.807) is 7.11 Å². The third-order valence-electron chi connectivity index (χ3n) is 6.14. The Hall–Kier alpha value is -1.71. The Morgan fingerprint density at radius 3 is 2.52 bits per heavy atom. The summed E-state index contributed by atoms with van der Waals surface area (Å²) in [7, 11) is -2.05. The van der Waals surface area contributed by atoms with E-state index in [0.717, 1.165) is 44.3 Å². The first-order valence-electron chi connectivity index (χ1n) is 11.0. The molecule has 2 fully saturated rings. The molecule has 0 spiro atoms. The van der Waals surface area contributed by atoms with Crippen molar-refractivity contribution in [1.82, 2.24) is 9.62 Å². The number of carbonyl (C=O) groups is 1. The molecule has 0 radical (unpaired) electrons. The number of ether oxygens (including phenoxy) is 2. The Kier molecular flexibility index (Phi) is 7.93. The normalized spacial score (nSPS) is 19.2. The van der Waals surface area contributed by atoms with E-state index in [1.165, 1.54) is 19.1 Å². The molecule has 0 unspecified atom stereocenters. The molecular formula is C22H33FN2O5S. The second kappa shape index (κ2) is 10.3. The fourth-order valence-electron chi connectivity index (χ4n) is 3.97. The SMILES string of the molecule is CCS(=O)(=O)NC(=O)c1cc(C2CC2)c(OCC2CCN([C@@H](C)COC)CC2)cc1F. The van der Waals surface area contributed by atoms with Gasteiger partial charge in [-0.25, -0.2) is 17.5 Å². The number of methoxy groups -OCH3 is 1. The number of sulfonamides is 1. The molecule has 7 nitrogen and oxygen atoms in total. The van der Waals surface area contributed by atoms with E-state index in [9.17, 15) is 17.6 Å². The van der Waals surface area contributed by atoms with Crippen LogP contribution in [-0.4, -0.2) is 64.4 Å². The quantitative estimate of drug-likeness (QED) is 0.583. The highest BCUT2D eigenvalue weighted by Crippen LogP contribution is 2.45. The van der Waals surface area contributed by atoms with E-state index in [-0.39, 0.29) is 17.2 Å². The summed E-state index contributed by atoms with van der Waals surface area (Å²) < 4.78 is 51.2. The molecule has 0 bridgehead atoms. The lowest BCUT2D eigenvalue weighted by Crippen LogP contribution is -2.42. The Labute approximate surface area is 184 Å². The van der Waals surface area contributed by atoms with Crippen LogP contribution in [0.3, 0.4) is 0 Å². The first-order chi connectivity index (χ1) is 14.7. The van der Waals surface area contributed by atoms with Gasteiger partial charge < -0.3 is 9.47 Å². The Morgan fingerprint density at radius 1 is 1.26 bits per heavy atom. The van der Waals surface area contributed by atoms with Gasteiger partial charge in [-0.05, 0) is 76.1 Å². The average molecular weight is 457 g/mol. The third kappa shape index (κ3) is 6.40. The summed E-state index contributed by atoms with van der Waals surface area (Å²) in [4.78, 5) is 14.7. The minimum absolute atomic E-state index is 0.224. The van der Waals surface area contributed by atoms with Crippen molar-refractivity contribution in [3.8, 4) is 5.75 Å². The van der Waals surface area contributed by atoms with Crippen molar-refractivity contribution in [2.75, 3.05) is 39.2 Å². The number of nitrogens with zero attached hydrogens (tertiary/aromatic N) is 1. The zero-order valence-corrected chi connectivity index (χ0v) is 19.3. The van der Waals surface area contributed by atoms with Crippen LogP contribution in [0.5, 0.6) is 5.75 Å². The van der Waals surface area contributed by atoms with Crippen LogP contribution in [0.15, 0.2) is 12.1 Å². The molecule has 1 atom stereocenters. The molecule has 1 aliphatic heterocycles. The summed E-state index contributed by atoms with van der Waals surface area (Å²) in [5.41, 5.74) is 0.526. The number of nitrogens with one attached hydrogen (secondary N) is 1. The van der Waals surface area contributed by atoms with Crippen molar-refractivity contribution in [2.45, 2.75) is 51.5 Å². The molecule has 9 heteroatoms. The highest BCUT2D eigenvalue weighted by molar-refractivity contribution is 7.90. The molecule has 1 amide bonds. The lowest BCUT2D eigenvalue weighted by Gasteiger charge is -2.35. The van der Waals surface area contributed by atoms with Gasteiger partial charge in [0.1, 0.15) is 11.6 Å². The van der Waals surface area contributed by atoms with Crippen molar-refractivity contribution in [3.05, 3.63) is 29.1 Å². The number of hydrogen-bond acceptors (Lipinski definition) is 6. The van der Waals surface area contributed by atoms with Crippen molar-refractivity contribution in [1.29, 1.82) is 0 Å². The van der Waals surface area contributed by atoms with Gasteiger partial charge in [0.05, 0.1) is 24.5 Å². The zero-order valence-electron chi connectivity index (χ0n) is 18.5. The van der Waals surface area contributed by atoms with Crippen molar-refractivity contribution in [2.24, 2.45) is 5.92 Å². The summed E-state index contributed by atoms with van der Waals surface area (Å²) in [6, 6.07) is 3.08. The van der Waals surface area contributed by atoms with Crippen LogP contribution in [0.4, 0.5) is 4.39 Å². The van der Waals surface area contributed by atoms with Crippen LogP contribution in [0.2, 0.25) is 0 Å². The first kappa shape index (κ1) is 23.9. The molecule has 2 aliphatic rings. The summed E-state index contributed by atoms with van der Waals surface area (Å²) in [6.07, 6.45) is 3.91. The smallest absolute Gasteiger partial charge is 0.267 e. The van der Waals surface area contributed by atoms with Gasteiger partial charge in [0, 0.05) is 19.2 Å². The predicted octanol–water partition coefficient (Wildman–Crippen LogP) is 2.91. The number of halogens is 1. The maximum absolute atomic E-state index is 14.7. The van der Waals surface area contributed by atoms with Crippen molar-refractivity contribution < 1.29 is 27.1 Å².